The molecule has 114 valence electrons. The molecular formula is C17H24N2O2. The van der Waals surface area contributed by atoms with Crippen LogP contribution in [0.2, 0.25) is 0 Å². The Kier molecular flexibility index (Phi) is 4.15. The number of benzene rings is 1. The SMILES string of the molecule is CCCc1ccc(NC(=O)N2CC[C@]3(CCOC3)C2)cc1. The number of urea groups is 1. The third-order valence-corrected chi connectivity index (χ3v) is 4.65. The van der Waals surface area contributed by atoms with Gasteiger partial charge in [-0.15, -0.1) is 0 Å². The van der Waals surface area contributed by atoms with E-state index >= 15 is 0 Å². The largest absolute Gasteiger partial charge is 0.381 e. The molecule has 2 saturated heterocycles. The minimum absolute atomic E-state index is 0.0158. The van der Waals surface area contributed by atoms with E-state index in [4.69, 9.17) is 4.74 Å². The minimum Gasteiger partial charge on any atom is -0.381 e. The van der Waals surface area contributed by atoms with Crippen molar-refractivity contribution >= 4 is 11.7 Å². The summed E-state index contributed by atoms with van der Waals surface area (Å²) in [6.07, 6.45) is 4.38. The van der Waals surface area contributed by atoms with Crippen LogP contribution in [0.3, 0.4) is 0 Å². The number of carbonyl (C=O) groups excluding carboxylic acids is 1. The molecule has 0 aliphatic carbocycles. The highest BCUT2D eigenvalue weighted by molar-refractivity contribution is 5.89. The zero-order valence-corrected chi connectivity index (χ0v) is 12.7. The van der Waals surface area contributed by atoms with Gasteiger partial charge in [0.05, 0.1) is 6.61 Å². The fourth-order valence-corrected chi connectivity index (χ4v) is 3.33. The number of likely N-dealkylation sites (tertiary alicyclic amines) is 1. The lowest BCUT2D eigenvalue weighted by Crippen LogP contribution is -2.35. The standard InChI is InChI=1S/C17H24N2O2/c1-2-3-14-4-6-15(7-5-14)18-16(20)19-10-8-17(12-19)9-11-21-13-17/h4-7H,2-3,8-13H2,1H3,(H,18,20)/t17-/m0/s1. The Morgan fingerprint density at radius 2 is 2.14 bits per heavy atom. The molecule has 0 bridgehead atoms. The lowest BCUT2D eigenvalue weighted by atomic mass is 9.87. The van der Waals surface area contributed by atoms with Gasteiger partial charge in [-0.05, 0) is 37.0 Å². The number of rotatable bonds is 3. The summed E-state index contributed by atoms with van der Waals surface area (Å²) >= 11 is 0. The molecule has 3 rings (SSSR count). The first-order valence-corrected chi connectivity index (χ1v) is 7.93. The third-order valence-electron chi connectivity index (χ3n) is 4.65. The average molecular weight is 288 g/mol. The van der Waals surface area contributed by atoms with Gasteiger partial charge in [0.15, 0.2) is 0 Å². The Morgan fingerprint density at radius 3 is 2.81 bits per heavy atom. The van der Waals surface area contributed by atoms with Gasteiger partial charge in [-0.25, -0.2) is 4.79 Å². The zero-order valence-electron chi connectivity index (χ0n) is 12.7. The van der Waals surface area contributed by atoms with Crippen molar-refractivity contribution in [2.75, 3.05) is 31.6 Å². The van der Waals surface area contributed by atoms with Gasteiger partial charge in [0.1, 0.15) is 0 Å². The van der Waals surface area contributed by atoms with Crippen LogP contribution in [-0.4, -0.2) is 37.2 Å². The first-order valence-electron chi connectivity index (χ1n) is 7.93. The van der Waals surface area contributed by atoms with E-state index < -0.39 is 0 Å². The molecule has 0 aromatic heterocycles. The summed E-state index contributed by atoms with van der Waals surface area (Å²) in [5.74, 6) is 0. The molecule has 2 amide bonds. The van der Waals surface area contributed by atoms with Gasteiger partial charge in [0.25, 0.3) is 0 Å². The Balaban J connectivity index is 1.56. The number of nitrogens with one attached hydrogen (secondary N) is 1. The minimum atomic E-state index is 0.0158. The monoisotopic (exact) mass is 288 g/mol. The molecule has 1 atom stereocenters. The highest BCUT2D eigenvalue weighted by Crippen LogP contribution is 2.38. The highest BCUT2D eigenvalue weighted by Gasteiger charge is 2.42. The smallest absolute Gasteiger partial charge is 0.321 e. The summed E-state index contributed by atoms with van der Waals surface area (Å²) in [6, 6.07) is 8.19. The number of amides is 2. The predicted molar refractivity (Wildman–Crippen MR) is 83.5 cm³/mol. The van der Waals surface area contributed by atoms with Crippen molar-refractivity contribution in [1.82, 2.24) is 4.90 Å². The Hall–Kier alpha value is -1.55. The number of nitrogens with zero attached hydrogens (tertiary/aromatic N) is 1. The predicted octanol–water partition coefficient (Wildman–Crippen LogP) is 3.28. The second-order valence-corrected chi connectivity index (χ2v) is 6.35. The zero-order chi connectivity index (χ0) is 14.7. The molecule has 4 nitrogen and oxygen atoms in total. The second-order valence-electron chi connectivity index (χ2n) is 6.35. The van der Waals surface area contributed by atoms with Crippen LogP contribution in [0.15, 0.2) is 24.3 Å². The molecule has 1 aromatic rings. The van der Waals surface area contributed by atoms with E-state index in [-0.39, 0.29) is 11.4 Å². The fraction of sp³-hybridized carbons (Fsp3) is 0.588. The number of hydrogen-bond donors (Lipinski definition) is 1. The van der Waals surface area contributed by atoms with Gasteiger partial charge >= 0.3 is 6.03 Å². The Bertz CT molecular complexity index is 492. The average Bonchev–Trinajstić information content (AvgIpc) is 3.12. The van der Waals surface area contributed by atoms with Crippen LogP contribution in [0.5, 0.6) is 0 Å². The van der Waals surface area contributed by atoms with Crippen LogP contribution >= 0.6 is 0 Å². The summed E-state index contributed by atoms with van der Waals surface area (Å²) in [7, 11) is 0. The molecule has 2 fully saturated rings. The van der Waals surface area contributed by atoms with Gasteiger partial charge in [-0.1, -0.05) is 25.5 Å². The van der Waals surface area contributed by atoms with E-state index in [1.807, 2.05) is 17.0 Å². The molecule has 4 heteroatoms. The van der Waals surface area contributed by atoms with Gasteiger partial charge in [0, 0.05) is 30.8 Å². The maximum Gasteiger partial charge on any atom is 0.321 e. The number of ether oxygens (including phenoxy) is 1. The molecule has 0 unspecified atom stereocenters. The van der Waals surface area contributed by atoms with E-state index in [2.05, 4.69) is 24.4 Å². The van der Waals surface area contributed by atoms with Gasteiger partial charge in [-0.3, -0.25) is 0 Å². The normalized spacial score (nSPS) is 24.7. The third kappa shape index (κ3) is 3.21. The molecule has 2 aliphatic heterocycles. The molecule has 2 aliphatic rings. The Morgan fingerprint density at radius 1 is 1.33 bits per heavy atom. The van der Waals surface area contributed by atoms with Crippen LogP contribution in [0, 0.1) is 5.41 Å². The van der Waals surface area contributed by atoms with E-state index in [1.54, 1.807) is 0 Å². The summed E-state index contributed by atoms with van der Waals surface area (Å²) < 4.78 is 5.51. The lowest BCUT2D eigenvalue weighted by molar-refractivity contribution is 0.154. The van der Waals surface area contributed by atoms with Crippen LogP contribution < -0.4 is 5.32 Å². The quantitative estimate of drug-likeness (QED) is 0.927. The molecule has 1 spiro atoms. The highest BCUT2D eigenvalue weighted by atomic mass is 16.5. The Labute approximate surface area is 126 Å². The summed E-state index contributed by atoms with van der Waals surface area (Å²) in [6.45, 7) is 5.48. The molecule has 2 heterocycles. The number of anilines is 1. The molecule has 1 aromatic carbocycles. The van der Waals surface area contributed by atoms with Crippen LogP contribution in [0.25, 0.3) is 0 Å². The van der Waals surface area contributed by atoms with Crippen molar-refractivity contribution < 1.29 is 9.53 Å². The van der Waals surface area contributed by atoms with Crippen molar-refractivity contribution in [3.8, 4) is 0 Å². The molecular weight excluding hydrogens is 264 g/mol. The number of aryl methyl sites for hydroxylation is 1. The lowest BCUT2D eigenvalue weighted by Gasteiger charge is -2.22. The van der Waals surface area contributed by atoms with Crippen molar-refractivity contribution in [3.05, 3.63) is 29.8 Å². The van der Waals surface area contributed by atoms with Crippen LogP contribution in [0.1, 0.15) is 31.7 Å². The van der Waals surface area contributed by atoms with E-state index in [9.17, 15) is 4.79 Å². The maximum atomic E-state index is 12.3. The van der Waals surface area contributed by atoms with Crippen molar-refractivity contribution in [1.29, 1.82) is 0 Å². The van der Waals surface area contributed by atoms with Crippen LogP contribution in [0.4, 0.5) is 10.5 Å². The van der Waals surface area contributed by atoms with Crippen molar-refractivity contribution in [2.45, 2.75) is 32.6 Å². The van der Waals surface area contributed by atoms with Crippen molar-refractivity contribution in [3.63, 3.8) is 0 Å². The van der Waals surface area contributed by atoms with Gasteiger partial charge in [-0.2, -0.15) is 0 Å². The van der Waals surface area contributed by atoms with Crippen LogP contribution in [-0.2, 0) is 11.2 Å². The number of hydrogen-bond acceptors (Lipinski definition) is 2. The van der Waals surface area contributed by atoms with Crippen molar-refractivity contribution in [2.24, 2.45) is 5.41 Å². The van der Waals surface area contributed by atoms with E-state index in [1.165, 1.54) is 5.56 Å². The van der Waals surface area contributed by atoms with Gasteiger partial charge < -0.3 is 15.0 Å². The summed E-state index contributed by atoms with van der Waals surface area (Å²) in [4.78, 5) is 14.3. The van der Waals surface area contributed by atoms with E-state index in [0.717, 1.165) is 57.7 Å². The maximum absolute atomic E-state index is 12.3. The van der Waals surface area contributed by atoms with Gasteiger partial charge in [0.2, 0.25) is 0 Å². The molecule has 21 heavy (non-hydrogen) atoms. The van der Waals surface area contributed by atoms with E-state index in [0.29, 0.717) is 0 Å². The fourth-order valence-electron chi connectivity index (χ4n) is 3.33. The number of carbonyl (C=O) groups is 1. The first-order chi connectivity index (χ1) is 10.2. The molecule has 0 saturated carbocycles. The topological polar surface area (TPSA) is 41.6 Å². The molecule has 0 radical (unpaired) electrons. The second kappa shape index (κ2) is 6.06. The summed E-state index contributed by atoms with van der Waals surface area (Å²) in [5.41, 5.74) is 2.42. The summed E-state index contributed by atoms with van der Waals surface area (Å²) in [5, 5.41) is 3.01. The molecule has 1 N–H and O–H groups in total. The first kappa shape index (κ1) is 14.4.